The van der Waals surface area contributed by atoms with E-state index in [1.165, 1.54) is 0 Å². The van der Waals surface area contributed by atoms with E-state index < -0.39 is 10.1 Å². The van der Waals surface area contributed by atoms with Crippen LogP contribution in [0.2, 0.25) is 0 Å². The zero-order valence-electron chi connectivity index (χ0n) is 16.0. The molecule has 0 spiro atoms. The Bertz CT molecular complexity index is 837. The molecule has 0 aliphatic carbocycles. The van der Waals surface area contributed by atoms with Crippen molar-refractivity contribution in [3.8, 4) is 5.75 Å². The molecule has 152 valence electrons. The van der Waals surface area contributed by atoms with Crippen molar-refractivity contribution < 1.29 is 26.9 Å². The van der Waals surface area contributed by atoms with Gasteiger partial charge < -0.3 is 18.6 Å². The molecule has 0 aliphatic rings. The molecular formula is C20H25NO6S. The Balaban J connectivity index is 1.93. The first kappa shape index (κ1) is 21.9. The highest BCUT2D eigenvalue weighted by Gasteiger charge is 2.14. The maximum Gasteiger partial charge on any atom is 0.306 e. The number of hydrogen-bond donors (Lipinski definition) is 0. The summed E-state index contributed by atoms with van der Waals surface area (Å²) in [5, 5.41) is 0. The van der Waals surface area contributed by atoms with Crippen molar-refractivity contribution in [3.05, 3.63) is 65.7 Å². The minimum atomic E-state index is -3.57. The highest BCUT2D eigenvalue weighted by molar-refractivity contribution is 7.86. The van der Waals surface area contributed by atoms with Crippen LogP contribution in [0.25, 0.3) is 0 Å². The van der Waals surface area contributed by atoms with Crippen molar-refractivity contribution in [2.75, 3.05) is 33.1 Å². The topological polar surface area (TPSA) is 82.1 Å². The summed E-state index contributed by atoms with van der Waals surface area (Å²) in [5.41, 5.74) is 1.84. The number of rotatable bonds is 11. The van der Waals surface area contributed by atoms with Gasteiger partial charge in [0.15, 0.2) is 0 Å². The molecule has 0 aromatic heterocycles. The summed E-state index contributed by atoms with van der Waals surface area (Å²) in [4.78, 5) is 14.2. The van der Waals surface area contributed by atoms with Gasteiger partial charge in [-0.2, -0.15) is 8.42 Å². The van der Waals surface area contributed by atoms with E-state index in [0.717, 1.165) is 17.4 Å². The lowest BCUT2D eigenvalue weighted by molar-refractivity contribution is -0.137. The molecule has 0 fully saturated rings. The molecule has 0 unspecified atom stereocenters. The van der Waals surface area contributed by atoms with Crippen LogP contribution in [0.15, 0.2) is 54.6 Å². The van der Waals surface area contributed by atoms with Crippen LogP contribution < -0.4 is 4.18 Å². The molecule has 1 amide bonds. The van der Waals surface area contributed by atoms with Crippen LogP contribution in [0.5, 0.6) is 5.75 Å². The number of methoxy groups -OCH3 is 1. The maximum absolute atomic E-state index is 12.5. The molecule has 0 aliphatic heterocycles. The second-order valence-corrected chi connectivity index (χ2v) is 7.79. The normalized spacial score (nSPS) is 11.2. The second kappa shape index (κ2) is 10.8. The summed E-state index contributed by atoms with van der Waals surface area (Å²) in [7, 11) is -1.99. The van der Waals surface area contributed by atoms with E-state index in [4.69, 9.17) is 13.7 Å². The lowest BCUT2D eigenvalue weighted by Crippen LogP contribution is -2.36. The highest BCUT2D eigenvalue weighted by Crippen LogP contribution is 2.15. The standard InChI is InChI=1S/C20H25NO6S/c1-25-13-12-21(20(22)16-26-15-18-6-4-3-5-7-18)14-17-8-10-19(11-9-17)27-28(2,23)24/h3-11H,12-16H2,1-2H3. The van der Waals surface area contributed by atoms with Crippen LogP contribution in [-0.4, -0.2) is 52.3 Å². The Morgan fingerprint density at radius 1 is 1.00 bits per heavy atom. The molecule has 0 saturated carbocycles. The first-order valence-electron chi connectivity index (χ1n) is 8.74. The number of carbonyl (C=O) groups is 1. The molecule has 0 N–H and O–H groups in total. The molecule has 0 atom stereocenters. The summed E-state index contributed by atoms with van der Waals surface area (Å²) < 4.78 is 37.8. The number of ether oxygens (including phenoxy) is 2. The zero-order valence-corrected chi connectivity index (χ0v) is 16.9. The van der Waals surface area contributed by atoms with Gasteiger partial charge in [-0.3, -0.25) is 4.79 Å². The predicted molar refractivity (Wildman–Crippen MR) is 105 cm³/mol. The van der Waals surface area contributed by atoms with Gasteiger partial charge in [0.1, 0.15) is 12.4 Å². The van der Waals surface area contributed by atoms with E-state index >= 15 is 0 Å². The van der Waals surface area contributed by atoms with E-state index in [0.29, 0.717) is 26.3 Å². The first-order chi connectivity index (χ1) is 13.4. The largest absolute Gasteiger partial charge is 0.383 e. The molecule has 2 aromatic carbocycles. The predicted octanol–water partition coefficient (Wildman–Crippen LogP) is 2.22. The van der Waals surface area contributed by atoms with Crippen molar-refractivity contribution in [1.29, 1.82) is 0 Å². The summed E-state index contributed by atoms with van der Waals surface area (Å²) in [6, 6.07) is 16.2. The van der Waals surface area contributed by atoms with Gasteiger partial charge in [-0.05, 0) is 23.3 Å². The van der Waals surface area contributed by atoms with Crippen molar-refractivity contribution in [3.63, 3.8) is 0 Å². The van der Waals surface area contributed by atoms with E-state index in [2.05, 4.69) is 0 Å². The fourth-order valence-corrected chi connectivity index (χ4v) is 2.92. The molecule has 0 heterocycles. The number of benzene rings is 2. The molecule has 28 heavy (non-hydrogen) atoms. The van der Waals surface area contributed by atoms with Crippen LogP contribution in [0.3, 0.4) is 0 Å². The highest BCUT2D eigenvalue weighted by atomic mass is 32.2. The molecule has 7 nitrogen and oxygen atoms in total. The Hall–Kier alpha value is -2.42. The smallest absolute Gasteiger partial charge is 0.306 e. The summed E-state index contributed by atoms with van der Waals surface area (Å²) in [6.07, 6.45) is 0.988. The summed E-state index contributed by atoms with van der Waals surface area (Å²) in [6.45, 7) is 1.51. The second-order valence-electron chi connectivity index (χ2n) is 6.22. The minimum Gasteiger partial charge on any atom is -0.383 e. The zero-order chi connectivity index (χ0) is 20.4. The SMILES string of the molecule is COCCN(Cc1ccc(OS(C)(=O)=O)cc1)C(=O)COCc1ccccc1. The number of nitrogens with zero attached hydrogens (tertiary/aromatic N) is 1. The fraction of sp³-hybridized carbons (Fsp3) is 0.350. The van der Waals surface area contributed by atoms with E-state index in [9.17, 15) is 13.2 Å². The number of amides is 1. The van der Waals surface area contributed by atoms with Crippen LogP contribution in [0, 0.1) is 0 Å². The van der Waals surface area contributed by atoms with Crippen LogP contribution in [-0.2, 0) is 37.5 Å². The Morgan fingerprint density at radius 3 is 2.29 bits per heavy atom. The molecule has 0 saturated heterocycles. The molecule has 2 aromatic rings. The van der Waals surface area contributed by atoms with E-state index in [1.54, 1.807) is 36.3 Å². The monoisotopic (exact) mass is 407 g/mol. The summed E-state index contributed by atoms with van der Waals surface area (Å²) in [5.74, 6) is 0.0802. The molecule has 0 bridgehead atoms. The van der Waals surface area contributed by atoms with Gasteiger partial charge in [0, 0.05) is 20.2 Å². The molecule has 8 heteroatoms. The maximum atomic E-state index is 12.5. The van der Waals surface area contributed by atoms with Gasteiger partial charge in [-0.1, -0.05) is 42.5 Å². The van der Waals surface area contributed by atoms with E-state index in [1.807, 2.05) is 30.3 Å². The molecule has 2 rings (SSSR count). The quantitative estimate of drug-likeness (QED) is 0.531. The first-order valence-corrected chi connectivity index (χ1v) is 10.6. The molecular weight excluding hydrogens is 382 g/mol. The lowest BCUT2D eigenvalue weighted by atomic mass is 10.2. The van der Waals surface area contributed by atoms with Crippen molar-refractivity contribution >= 4 is 16.0 Å². The number of hydrogen-bond acceptors (Lipinski definition) is 6. The number of carbonyl (C=O) groups excluding carboxylic acids is 1. The third-order valence-corrected chi connectivity index (χ3v) is 4.29. The van der Waals surface area contributed by atoms with Gasteiger partial charge in [0.2, 0.25) is 5.91 Å². The molecule has 0 radical (unpaired) electrons. The average molecular weight is 407 g/mol. The van der Waals surface area contributed by atoms with Crippen molar-refractivity contribution in [2.45, 2.75) is 13.2 Å². The Morgan fingerprint density at radius 2 is 1.68 bits per heavy atom. The van der Waals surface area contributed by atoms with Gasteiger partial charge in [0.25, 0.3) is 0 Å². The van der Waals surface area contributed by atoms with Crippen LogP contribution in [0.1, 0.15) is 11.1 Å². The summed E-state index contributed by atoms with van der Waals surface area (Å²) >= 11 is 0. The Kier molecular flexibility index (Phi) is 8.43. The van der Waals surface area contributed by atoms with Crippen molar-refractivity contribution in [1.82, 2.24) is 4.90 Å². The van der Waals surface area contributed by atoms with Crippen LogP contribution >= 0.6 is 0 Å². The van der Waals surface area contributed by atoms with Crippen LogP contribution in [0.4, 0.5) is 0 Å². The van der Waals surface area contributed by atoms with Gasteiger partial charge >= 0.3 is 10.1 Å². The Labute approximate surface area is 166 Å². The van der Waals surface area contributed by atoms with Crippen molar-refractivity contribution in [2.24, 2.45) is 0 Å². The third-order valence-electron chi connectivity index (χ3n) is 3.80. The lowest BCUT2D eigenvalue weighted by Gasteiger charge is -2.22. The van der Waals surface area contributed by atoms with Gasteiger partial charge in [0.05, 0.1) is 19.5 Å². The van der Waals surface area contributed by atoms with Gasteiger partial charge in [-0.15, -0.1) is 0 Å². The average Bonchev–Trinajstić information content (AvgIpc) is 2.66. The van der Waals surface area contributed by atoms with E-state index in [-0.39, 0.29) is 18.3 Å². The van der Waals surface area contributed by atoms with Gasteiger partial charge in [-0.25, -0.2) is 0 Å². The third kappa shape index (κ3) is 8.08. The fourth-order valence-electron chi connectivity index (χ4n) is 2.46. The minimum absolute atomic E-state index is 0.0338.